The summed E-state index contributed by atoms with van der Waals surface area (Å²) in [6.07, 6.45) is 6.42. The van der Waals surface area contributed by atoms with E-state index in [-0.39, 0.29) is 6.04 Å². The van der Waals surface area contributed by atoms with Gasteiger partial charge in [-0.05, 0) is 20.9 Å². The summed E-state index contributed by atoms with van der Waals surface area (Å²) in [5.74, 6) is 1.93. The van der Waals surface area contributed by atoms with Gasteiger partial charge in [-0.1, -0.05) is 0 Å². The molecule has 0 aliphatic heterocycles. The molecule has 20 heavy (non-hydrogen) atoms. The Hall–Kier alpha value is -1.88. The van der Waals surface area contributed by atoms with Gasteiger partial charge in [-0.25, -0.2) is 4.98 Å². The number of likely N-dealkylation sites (N-methyl/N-ethyl adjacent to an activating group) is 1. The third kappa shape index (κ3) is 2.67. The van der Waals surface area contributed by atoms with Crippen LogP contribution in [-0.4, -0.2) is 28.7 Å². The van der Waals surface area contributed by atoms with Gasteiger partial charge >= 0.3 is 0 Å². The zero-order chi connectivity index (χ0) is 14.7. The van der Waals surface area contributed by atoms with E-state index in [9.17, 15) is 0 Å². The summed E-state index contributed by atoms with van der Waals surface area (Å²) in [6, 6.07) is 0.133. The fourth-order valence-corrected chi connectivity index (χ4v) is 2.51. The Morgan fingerprint density at radius 3 is 2.65 bits per heavy atom. The minimum atomic E-state index is 0.133. The van der Waals surface area contributed by atoms with Crippen LogP contribution in [0.4, 0.5) is 0 Å². The molecule has 5 heteroatoms. The standard InChI is InChI=1S/C15H22N4O/c1-10-9-18-12(11(2)14(10)20-5)8-13(16-3)15-17-6-7-19(15)4/h6-7,9,13,16H,8H2,1-5H3. The number of imidazole rings is 1. The van der Waals surface area contributed by atoms with E-state index in [0.29, 0.717) is 0 Å². The molecule has 2 heterocycles. The molecular weight excluding hydrogens is 252 g/mol. The second kappa shape index (κ2) is 6.05. The van der Waals surface area contributed by atoms with Gasteiger partial charge in [0.15, 0.2) is 0 Å². The predicted molar refractivity (Wildman–Crippen MR) is 79.0 cm³/mol. The average molecular weight is 274 g/mol. The van der Waals surface area contributed by atoms with E-state index in [4.69, 9.17) is 4.74 Å². The van der Waals surface area contributed by atoms with Crippen LogP contribution in [0.2, 0.25) is 0 Å². The van der Waals surface area contributed by atoms with Crippen LogP contribution in [0.3, 0.4) is 0 Å². The van der Waals surface area contributed by atoms with Gasteiger partial charge in [0.2, 0.25) is 0 Å². The van der Waals surface area contributed by atoms with Crippen LogP contribution in [0, 0.1) is 13.8 Å². The third-order valence-electron chi connectivity index (χ3n) is 3.67. The van der Waals surface area contributed by atoms with Gasteiger partial charge in [0.25, 0.3) is 0 Å². The first kappa shape index (κ1) is 14.5. The molecule has 0 aliphatic carbocycles. The Morgan fingerprint density at radius 2 is 2.10 bits per heavy atom. The van der Waals surface area contributed by atoms with Crippen LogP contribution in [0.5, 0.6) is 5.75 Å². The van der Waals surface area contributed by atoms with Crippen molar-refractivity contribution in [3.8, 4) is 5.75 Å². The molecule has 1 atom stereocenters. The van der Waals surface area contributed by atoms with Crippen LogP contribution in [0.25, 0.3) is 0 Å². The Balaban J connectivity index is 2.31. The Labute approximate surface area is 120 Å². The molecule has 0 amide bonds. The van der Waals surface area contributed by atoms with Gasteiger partial charge in [0.1, 0.15) is 11.6 Å². The van der Waals surface area contributed by atoms with E-state index >= 15 is 0 Å². The van der Waals surface area contributed by atoms with E-state index in [1.54, 1.807) is 7.11 Å². The van der Waals surface area contributed by atoms with Crippen LogP contribution in [0.15, 0.2) is 18.6 Å². The summed E-state index contributed by atoms with van der Waals surface area (Å²) in [5, 5.41) is 3.31. The van der Waals surface area contributed by atoms with Gasteiger partial charge in [0, 0.05) is 48.9 Å². The highest BCUT2D eigenvalue weighted by molar-refractivity contribution is 5.41. The number of nitrogens with one attached hydrogen (secondary N) is 1. The molecule has 2 aromatic rings. The Morgan fingerprint density at radius 1 is 1.35 bits per heavy atom. The topological polar surface area (TPSA) is 52.0 Å². The lowest BCUT2D eigenvalue weighted by molar-refractivity contribution is 0.406. The predicted octanol–water partition coefficient (Wildman–Crippen LogP) is 1.94. The largest absolute Gasteiger partial charge is 0.496 e. The first-order chi connectivity index (χ1) is 9.58. The maximum Gasteiger partial charge on any atom is 0.128 e. The normalized spacial score (nSPS) is 12.4. The summed E-state index contributed by atoms with van der Waals surface area (Å²) in [4.78, 5) is 8.97. The number of hydrogen-bond acceptors (Lipinski definition) is 4. The smallest absolute Gasteiger partial charge is 0.128 e. The zero-order valence-electron chi connectivity index (χ0n) is 12.8. The van der Waals surface area contributed by atoms with E-state index in [1.807, 2.05) is 44.2 Å². The number of methoxy groups -OCH3 is 1. The number of pyridine rings is 1. The highest BCUT2D eigenvalue weighted by Crippen LogP contribution is 2.26. The highest BCUT2D eigenvalue weighted by atomic mass is 16.5. The zero-order valence-corrected chi connectivity index (χ0v) is 12.8. The van der Waals surface area contributed by atoms with Crippen molar-refractivity contribution in [1.82, 2.24) is 19.9 Å². The Kier molecular flexibility index (Phi) is 4.39. The summed E-state index contributed by atoms with van der Waals surface area (Å²) in [6.45, 7) is 4.07. The molecule has 0 aliphatic rings. The van der Waals surface area contributed by atoms with Gasteiger partial charge in [-0.3, -0.25) is 4.98 Å². The number of nitrogens with zero attached hydrogens (tertiary/aromatic N) is 3. The molecule has 0 radical (unpaired) electrons. The van der Waals surface area contributed by atoms with Crippen LogP contribution >= 0.6 is 0 Å². The van der Waals surface area contributed by atoms with Gasteiger partial charge in [-0.2, -0.15) is 0 Å². The number of aryl methyl sites for hydroxylation is 2. The summed E-state index contributed by atoms with van der Waals surface area (Å²) >= 11 is 0. The van der Waals surface area contributed by atoms with Crippen molar-refractivity contribution in [2.75, 3.05) is 14.2 Å². The van der Waals surface area contributed by atoms with Crippen molar-refractivity contribution in [3.63, 3.8) is 0 Å². The molecule has 0 bridgehead atoms. The van der Waals surface area contributed by atoms with Crippen LogP contribution in [0.1, 0.15) is 28.7 Å². The number of hydrogen-bond donors (Lipinski definition) is 1. The fraction of sp³-hybridized carbons (Fsp3) is 0.467. The van der Waals surface area contributed by atoms with Crippen molar-refractivity contribution in [1.29, 1.82) is 0 Å². The number of ether oxygens (including phenoxy) is 1. The molecular formula is C15H22N4O. The molecule has 0 spiro atoms. The maximum atomic E-state index is 5.46. The first-order valence-electron chi connectivity index (χ1n) is 6.72. The maximum absolute atomic E-state index is 5.46. The molecule has 1 N–H and O–H groups in total. The molecule has 0 aromatic carbocycles. The molecule has 108 valence electrons. The lowest BCUT2D eigenvalue weighted by Crippen LogP contribution is -2.23. The quantitative estimate of drug-likeness (QED) is 0.905. The molecule has 0 saturated carbocycles. The molecule has 0 fully saturated rings. The summed E-state index contributed by atoms with van der Waals surface area (Å²) in [7, 11) is 5.65. The molecule has 0 saturated heterocycles. The minimum absolute atomic E-state index is 0.133. The highest BCUT2D eigenvalue weighted by Gasteiger charge is 2.18. The second-order valence-electron chi connectivity index (χ2n) is 4.99. The summed E-state index contributed by atoms with van der Waals surface area (Å²) < 4.78 is 7.49. The van der Waals surface area contributed by atoms with Crippen LogP contribution < -0.4 is 10.1 Å². The SMILES string of the molecule is CNC(Cc1ncc(C)c(OC)c1C)c1nccn1C. The number of rotatable bonds is 5. The number of aromatic nitrogens is 3. The molecule has 1 unspecified atom stereocenters. The molecule has 5 nitrogen and oxygen atoms in total. The minimum Gasteiger partial charge on any atom is -0.496 e. The van der Waals surface area contributed by atoms with Crippen molar-refractivity contribution >= 4 is 0 Å². The first-order valence-corrected chi connectivity index (χ1v) is 6.72. The van der Waals surface area contributed by atoms with Crippen molar-refractivity contribution in [2.45, 2.75) is 26.3 Å². The molecule has 2 rings (SSSR count). The molecule has 2 aromatic heterocycles. The monoisotopic (exact) mass is 274 g/mol. The van der Waals surface area contributed by atoms with E-state index in [1.165, 1.54) is 0 Å². The lowest BCUT2D eigenvalue weighted by Gasteiger charge is -2.18. The third-order valence-corrected chi connectivity index (χ3v) is 3.67. The van der Waals surface area contributed by atoms with Gasteiger partial charge in [0.05, 0.1) is 13.2 Å². The van der Waals surface area contributed by atoms with Crippen molar-refractivity contribution in [3.05, 3.63) is 41.2 Å². The average Bonchev–Trinajstić information content (AvgIpc) is 2.85. The van der Waals surface area contributed by atoms with Gasteiger partial charge in [-0.15, -0.1) is 0 Å². The van der Waals surface area contributed by atoms with E-state index in [2.05, 4.69) is 22.2 Å². The Bertz CT molecular complexity index is 592. The van der Waals surface area contributed by atoms with Crippen molar-refractivity contribution in [2.24, 2.45) is 7.05 Å². The summed E-state index contributed by atoms with van der Waals surface area (Å²) in [5.41, 5.74) is 3.20. The van der Waals surface area contributed by atoms with Crippen LogP contribution in [-0.2, 0) is 13.5 Å². The second-order valence-corrected chi connectivity index (χ2v) is 4.99. The van der Waals surface area contributed by atoms with E-state index < -0.39 is 0 Å². The van der Waals surface area contributed by atoms with Gasteiger partial charge < -0.3 is 14.6 Å². The fourth-order valence-electron chi connectivity index (χ4n) is 2.51. The van der Waals surface area contributed by atoms with E-state index in [0.717, 1.165) is 34.8 Å². The lowest BCUT2D eigenvalue weighted by atomic mass is 10.0. The van der Waals surface area contributed by atoms with Crippen molar-refractivity contribution < 1.29 is 4.74 Å².